The van der Waals surface area contributed by atoms with E-state index in [2.05, 4.69) is 22.5 Å². The van der Waals surface area contributed by atoms with Crippen molar-refractivity contribution in [2.45, 2.75) is 39.2 Å². The van der Waals surface area contributed by atoms with Gasteiger partial charge < -0.3 is 15.1 Å². The van der Waals surface area contributed by atoms with E-state index in [0.29, 0.717) is 24.9 Å². The maximum atomic E-state index is 12.2. The predicted molar refractivity (Wildman–Crippen MR) is 85.6 cm³/mol. The van der Waals surface area contributed by atoms with E-state index in [0.717, 1.165) is 36.0 Å². The Morgan fingerprint density at radius 2 is 2.36 bits per heavy atom. The molecule has 2 atom stereocenters. The number of hydrogen-bond acceptors (Lipinski definition) is 4. The summed E-state index contributed by atoms with van der Waals surface area (Å²) >= 11 is 0. The Kier molecular flexibility index (Phi) is 4.43. The van der Waals surface area contributed by atoms with Crippen LogP contribution in [0, 0.1) is 12.8 Å². The highest BCUT2D eigenvalue weighted by molar-refractivity contribution is 5.79. The third kappa shape index (κ3) is 3.30. The maximum absolute atomic E-state index is 12.2. The van der Waals surface area contributed by atoms with Crippen LogP contribution in [0.5, 0.6) is 0 Å². The Labute approximate surface area is 130 Å². The van der Waals surface area contributed by atoms with Gasteiger partial charge in [-0.3, -0.25) is 4.79 Å². The van der Waals surface area contributed by atoms with Crippen molar-refractivity contribution >= 4 is 17.0 Å². The summed E-state index contributed by atoms with van der Waals surface area (Å²) in [4.78, 5) is 16.7. The van der Waals surface area contributed by atoms with Crippen LogP contribution in [0.3, 0.4) is 0 Å². The van der Waals surface area contributed by atoms with E-state index in [-0.39, 0.29) is 11.8 Å². The summed E-state index contributed by atoms with van der Waals surface area (Å²) in [5, 5.41) is 6.38. The van der Waals surface area contributed by atoms with Gasteiger partial charge in [-0.05, 0) is 44.9 Å². The number of oxazole rings is 1. The van der Waals surface area contributed by atoms with Crippen molar-refractivity contribution < 1.29 is 9.21 Å². The first kappa shape index (κ1) is 15.0. The molecule has 5 heteroatoms. The smallest absolute Gasteiger partial charge is 0.223 e. The van der Waals surface area contributed by atoms with E-state index in [1.54, 1.807) is 0 Å². The van der Waals surface area contributed by atoms with Crippen LogP contribution in [0.4, 0.5) is 0 Å². The Morgan fingerprint density at radius 1 is 1.50 bits per heavy atom. The Morgan fingerprint density at radius 3 is 3.14 bits per heavy atom. The number of hydrogen-bond donors (Lipinski definition) is 2. The van der Waals surface area contributed by atoms with Crippen LogP contribution < -0.4 is 10.6 Å². The zero-order valence-corrected chi connectivity index (χ0v) is 13.2. The van der Waals surface area contributed by atoms with Crippen molar-refractivity contribution in [3.8, 4) is 0 Å². The quantitative estimate of drug-likeness (QED) is 0.908. The van der Waals surface area contributed by atoms with Crippen LogP contribution in [0.2, 0.25) is 0 Å². The number of amides is 1. The number of piperidine rings is 1. The van der Waals surface area contributed by atoms with Crippen molar-refractivity contribution in [3.63, 3.8) is 0 Å². The number of benzene rings is 1. The zero-order valence-electron chi connectivity index (χ0n) is 13.2. The fourth-order valence-corrected chi connectivity index (χ4v) is 3.05. The molecule has 2 heterocycles. The first-order valence-electron chi connectivity index (χ1n) is 7.99. The first-order chi connectivity index (χ1) is 10.6. The molecule has 1 aliphatic heterocycles. The highest BCUT2D eigenvalue weighted by Crippen LogP contribution is 2.19. The average Bonchev–Trinajstić information content (AvgIpc) is 2.91. The van der Waals surface area contributed by atoms with Gasteiger partial charge in [0, 0.05) is 24.9 Å². The molecule has 1 aromatic carbocycles. The number of para-hydroxylation sites is 1. The highest BCUT2D eigenvalue weighted by Gasteiger charge is 2.24. The number of nitrogens with one attached hydrogen (secondary N) is 2. The van der Waals surface area contributed by atoms with Gasteiger partial charge in [0.1, 0.15) is 5.52 Å². The molecule has 22 heavy (non-hydrogen) atoms. The van der Waals surface area contributed by atoms with E-state index in [1.165, 1.54) is 0 Å². The lowest BCUT2D eigenvalue weighted by Crippen LogP contribution is -2.42. The number of nitrogens with zero attached hydrogens (tertiary/aromatic N) is 1. The molecule has 0 spiro atoms. The second kappa shape index (κ2) is 6.48. The van der Waals surface area contributed by atoms with Crippen molar-refractivity contribution in [3.05, 3.63) is 29.7 Å². The Bertz CT molecular complexity index is 665. The van der Waals surface area contributed by atoms with Gasteiger partial charge in [-0.1, -0.05) is 12.1 Å². The van der Waals surface area contributed by atoms with Crippen molar-refractivity contribution in [2.24, 2.45) is 5.92 Å². The fraction of sp³-hybridized carbons (Fsp3) is 0.529. The minimum atomic E-state index is 0.127. The lowest BCUT2D eigenvalue weighted by molar-refractivity contribution is -0.126. The van der Waals surface area contributed by atoms with Gasteiger partial charge in [-0.2, -0.15) is 0 Å². The number of fused-ring (bicyclic) bond motifs is 1. The molecule has 118 valence electrons. The zero-order chi connectivity index (χ0) is 15.5. The van der Waals surface area contributed by atoms with Gasteiger partial charge in [-0.15, -0.1) is 0 Å². The van der Waals surface area contributed by atoms with Gasteiger partial charge in [0.15, 0.2) is 11.5 Å². The van der Waals surface area contributed by atoms with Gasteiger partial charge in [0.2, 0.25) is 5.91 Å². The molecular formula is C17H23N3O2. The SMILES string of the molecule is Cc1cccc2oc(CCNC(=O)[C@H]3CCN[C@@H](C)C3)nc12. The molecule has 0 saturated carbocycles. The Balaban J connectivity index is 1.53. The first-order valence-corrected chi connectivity index (χ1v) is 7.99. The summed E-state index contributed by atoms with van der Waals surface area (Å²) < 4.78 is 5.72. The van der Waals surface area contributed by atoms with Crippen LogP contribution in [-0.4, -0.2) is 30.0 Å². The molecule has 1 fully saturated rings. The maximum Gasteiger partial charge on any atom is 0.223 e. The van der Waals surface area contributed by atoms with Crippen molar-refractivity contribution in [1.29, 1.82) is 0 Å². The minimum absolute atomic E-state index is 0.127. The Hall–Kier alpha value is -1.88. The normalized spacial score (nSPS) is 21.9. The lowest BCUT2D eigenvalue weighted by atomic mass is 9.92. The van der Waals surface area contributed by atoms with E-state index in [1.807, 2.05) is 25.1 Å². The van der Waals surface area contributed by atoms with E-state index < -0.39 is 0 Å². The summed E-state index contributed by atoms with van der Waals surface area (Å²) in [7, 11) is 0. The van der Waals surface area contributed by atoms with Gasteiger partial charge in [0.05, 0.1) is 0 Å². The average molecular weight is 301 g/mol. The van der Waals surface area contributed by atoms with Crippen molar-refractivity contribution in [2.75, 3.05) is 13.1 Å². The van der Waals surface area contributed by atoms with Gasteiger partial charge >= 0.3 is 0 Å². The largest absolute Gasteiger partial charge is 0.441 e. The number of carbonyl (C=O) groups excluding carboxylic acids is 1. The molecule has 0 aliphatic carbocycles. The lowest BCUT2D eigenvalue weighted by Gasteiger charge is -2.27. The molecule has 1 aliphatic rings. The van der Waals surface area contributed by atoms with E-state index in [9.17, 15) is 4.79 Å². The topological polar surface area (TPSA) is 67.2 Å². The third-order valence-electron chi connectivity index (χ3n) is 4.30. The standard InChI is InChI=1S/C17H23N3O2/c1-11-4-3-5-14-16(11)20-15(22-14)7-9-19-17(21)13-6-8-18-12(2)10-13/h3-5,12-13,18H,6-10H2,1-2H3,(H,19,21)/t12-,13-/m0/s1. The van der Waals surface area contributed by atoms with Crippen molar-refractivity contribution in [1.82, 2.24) is 15.6 Å². The van der Waals surface area contributed by atoms with E-state index >= 15 is 0 Å². The molecule has 5 nitrogen and oxygen atoms in total. The molecule has 2 N–H and O–H groups in total. The molecule has 1 amide bonds. The third-order valence-corrected chi connectivity index (χ3v) is 4.30. The van der Waals surface area contributed by atoms with Crippen LogP contribution in [0.1, 0.15) is 31.2 Å². The summed E-state index contributed by atoms with van der Waals surface area (Å²) in [5.74, 6) is 0.964. The summed E-state index contributed by atoms with van der Waals surface area (Å²) in [5.41, 5.74) is 2.84. The molecule has 1 saturated heterocycles. The van der Waals surface area contributed by atoms with Crippen LogP contribution in [0.15, 0.2) is 22.6 Å². The second-order valence-corrected chi connectivity index (χ2v) is 6.15. The number of aryl methyl sites for hydroxylation is 1. The number of aromatic nitrogens is 1. The van der Waals surface area contributed by atoms with Crippen LogP contribution in [0.25, 0.3) is 11.1 Å². The molecular weight excluding hydrogens is 278 g/mol. The molecule has 3 rings (SSSR count). The minimum Gasteiger partial charge on any atom is -0.441 e. The second-order valence-electron chi connectivity index (χ2n) is 6.15. The van der Waals surface area contributed by atoms with Gasteiger partial charge in [0.25, 0.3) is 0 Å². The molecule has 2 aromatic rings. The van der Waals surface area contributed by atoms with Crippen LogP contribution >= 0.6 is 0 Å². The van der Waals surface area contributed by atoms with Gasteiger partial charge in [-0.25, -0.2) is 4.98 Å². The summed E-state index contributed by atoms with van der Waals surface area (Å²) in [6.45, 7) is 5.64. The number of carbonyl (C=O) groups is 1. The molecule has 0 bridgehead atoms. The molecule has 1 aromatic heterocycles. The summed E-state index contributed by atoms with van der Waals surface area (Å²) in [6.07, 6.45) is 2.45. The molecule has 0 radical (unpaired) electrons. The number of rotatable bonds is 4. The predicted octanol–water partition coefficient (Wildman–Crippen LogP) is 2.18. The fourth-order valence-electron chi connectivity index (χ4n) is 3.05. The van der Waals surface area contributed by atoms with E-state index in [4.69, 9.17) is 4.42 Å². The molecule has 0 unspecified atom stereocenters. The van der Waals surface area contributed by atoms with Crippen LogP contribution in [-0.2, 0) is 11.2 Å². The summed E-state index contributed by atoms with van der Waals surface area (Å²) in [6, 6.07) is 6.33. The highest BCUT2D eigenvalue weighted by atomic mass is 16.3. The monoisotopic (exact) mass is 301 g/mol.